The number of piperazine rings is 1. The number of carbonyl (C=O) groups is 2. The Kier molecular flexibility index (Phi) is 4.11. The van der Waals surface area contributed by atoms with E-state index >= 15 is 0 Å². The predicted molar refractivity (Wildman–Crippen MR) is 95.3 cm³/mol. The van der Waals surface area contributed by atoms with Crippen molar-refractivity contribution in [2.45, 2.75) is 40.2 Å². The van der Waals surface area contributed by atoms with Gasteiger partial charge in [0.05, 0.1) is 0 Å². The molecule has 0 radical (unpaired) electrons. The van der Waals surface area contributed by atoms with E-state index in [0.29, 0.717) is 25.2 Å². The van der Waals surface area contributed by atoms with E-state index in [1.807, 2.05) is 20.8 Å². The highest BCUT2D eigenvalue weighted by molar-refractivity contribution is 6.03. The SMILES string of the molecule is CC[C@@H]1C(=O)N(C)CCN1C(=O)c1[nH]c2c(C)cc(C)cc2c1C. The van der Waals surface area contributed by atoms with Gasteiger partial charge in [0.15, 0.2) is 0 Å². The van der Waals surface area contributed by atoms with Gasteiger partial charge in [-0.05, 0) is 44.4 Å². The maximum atomic E-state index is 13.1. The molecule has 1 fully saturated rings. The summed E-state index contributed by atoms with van der Waals surface area (Å²) in [5, 5.41) is 1.09. The molecule has 1 N–H and O–H groups in total. The number of nitrogens with one attached hydrogen (secondary N) is 1. The number of H-pyrrole nitrogens is 1. The molecule has 24 heavy (non-hydrogen) atoms. The van der Waals surface area contributed by atoms with E-state index in [1.54, 1.807) is 16.8 Å². The number of hydrogen-bond donors (Lipinski definition) is 1. The van der Waals surface area contributed by atoms with Gasteiger partial charge in [0.2, 0.25) is 5.91 Å². The third kappa shape index (κ3) is 2.48. The molecule has 5 nitrogen and oxygen atoms in total. The number of likely N-dealkylation sites (N-methyl/N-ethyl adjacent to an activating group) is 1. The molecule has 5 heteroatoms. The van der Waals surface area contributed by atoms with Gasteiger partial charge < -0.3 is 14.8 Å². The van der Waals surface area contributed by atoms with Gasteiger partial charge in [-0.3, -0.25) is 9.59 Å². The molecule has 2 aromatic rings. The first-order chi connectivity index (χ1) is 11.3. The summed E-state index contributed by atoms with van der Waals surface area (Å²) in [5.74, 6) is -0.0491. The zero-order chi connectivity index (χ0) is 17.6. The van der Waals surface area contributed by atoms with Crippen molar-refractivity contribution in [3.05, 3.63) is 34.5 Å². The summed E-state index contributed by atoms with van der Waals surface area (Å²) >= 11 is 0. The van der Waals surface area contributed by atoms with Gasteiger partial charge in [-0.2, -0.15) is 0 Å². The Morgan fingerprint density at radius 2 is 1.96 bits per heavy atom. The number of amides is 2. The van der Waals surface area contributed by atoms with Crippen LogP contribution in [0.1, 0.15) is 40.5 Å². The minimum absolute atomic E-state index is 0.0258. The van der Waals surface area contributed by atoms with E-state index in [-0.39, 0.29) is 17.9 Å². The minimum atomic E-state index is -0.370. The summed E-state index contributed by atoms with van der Waals surface area (Å²) in [6.45, 7) is 9.20. The standard InChI is InChI=1S/C19H25N3O2/c1-6-15-18(23)21(5)7-8-22(15)19(24)17-13(4)14-10-11(2)9-12(3)16(14)20-17/h9-10,15,20H,6-8H2,1-5H3/t15-/m1/s1. The van der Waals surface area contributed by atoms with Crippen LogP contribution in [0.15, 0.2) is 12.1 Å². The number of benzene rings is 1. The fourth-order valence-corrected chi connectivity index (χ4v) is 3.69. The van der Waals surface area contributed by atoms with E-state index < -0.39 is 0 Å². The molecule has 3 rings (SSSR count). The number of rotatable bonds is 2. The molecule has 1 aliphatic rings. The highest BCUT2D eigenvalue weighted by atomic mass is 16.2. The molecule has 2 heterocycles. The second-order valence-corrected chi connectivity index (χ2v) is 6.81. The number of nitrogens with zero attached hydrogens (tertiary/aromatic N) is 2. The van der Waals surface area contributed by atoms with Crippen molar-refractivity contribution in [3.63, 3.8) is 0 Å². The lowest BCUT2D eigenvalue weighted by molar-refractivity contribution is -0.138. The number of aromatic nitrogens is 1. The summed E-state index contributed by atoms with van der Waals surface area (Å²) in [6.07, 6.45) is 0.631. The summed E-state index contributed by atoms with van der Waals surface area (Å²) in [6, 6.07) is 3.85. The molecule has 128 valence electrons. The first kappa shape index (κ1) is 16.6. The van der Waals surface area contributed by atoms with E-state index in [0.717, 1.165) is 22.0 Å². The van der Waals surface area contributed by atoms with E-state index in [4.69, 9.17) is 0 Å². The Balaban J connectivity index is 2.04. The largest absolute Gasteiger partial charge is 0.350 e. The summed E-state index contributed by atoms with van der Waals surface area (Å²) in [5.41, 5.74) is 4.89. The van der Waals surface area contributed by atoms with Gasteiger partial charge in [-0.25, -0.2) is 0 Å². The Morgan fingerprint density at radius 1 is 1.25 bits per heavy atom. The highest BCUT2D eigenvalue weighted by Crippen LogP contribution is 2.28. The summed E-state index contributed by atoms with van der Waals surface area (Å²) in [4.78, 5) is 32.3. The molecule has 0 aliphatic carbocycles. The number of carbonyl (C=O) groups excluding carboxylic acids is 2. The van der Waals surface area contributed by atoms with Crippen LogP contribution in [0.4, 0.5) is 0 Å². The van der Waals surface area contributed by atoms with Gasteiger partial charge in [0, 0.05) is 31.0 Å². The van der Waals surface area contributed by atoms with Crippen LogP contribution in [-0.4, -0.2) is 52.8 Å². The fourth-order valence-electron chi connectivity index (χ4n) is 3.69. The molecule has 1 aromatic heterocycles. The average Bonchev–Trinajstić information content (AvgIpc) is 2.87. The Hall–Kier alpha value is -2.30. The molecule has 1 saturated heterocycles. The molecular weight excluding hydrogens is 302 g/mol. The van der Waals surface area contributed by atoms with Crippen molar-refractivity contribution in [2.75, 3.05) is 20.1 Å². The lowest BCUT2D eigenvalue weighted by Crippen LogP contribution is -2.57. The zero-order valence-electron chi connectivity index (χ0n) is 15.1. The summed E-state index contributed by atoms with van der Waals surface area (Å²) < 4.78 is 0. The highest BCUT2D eigenvalue weighted by Gasteiger charge is 2.36. The molecule has 1 aliphatic heterocycles. The minimum Gasteiger partial charge on any atom is -0.350 e. The first-order valence-corrected chi connectivity index (χ1v) is 8.50. The van der Waals surface area contributed by atoms with Crippen LogP contribution in [0, 0.1) is 20.8 Å². The number of aromatic amines is 1. The molecule has 2 amide bonds. The number of hydrogen-bond acceptors (Lipinski definition) is 2. The lowest BCUT2D eigenvalue weighted by Gasteiger charge is -2.38. The molecule has 0 spiro atoms. The van der Waals surface area contributed by atoms with Crippen molar-refractivity contribution >= 4 is 22.7 Å². The molecule has 0 bridgehead atoms. The van der Waals surface area contributed by atoms with Gasteiger partial charge in [0.25, 0.3) is 5.91 Å². The van der Waals surface area contributed by atoms with Gasteiger partial charge in [-0.15, -0.1) is 0 Å². The quantitative estimate of drug-likeness (QED) is 0.922. The maximum absolute atomic E-state index is 13.1. The maximum Gasteiger partial charge on any atom is 0.271 e. The van der Waals surface area contributed by atoms with Crippen molar-refractivity contribution in [3.8, 4) is 0 Å². The van der Waals surface area contributed by atoms with Gasteiger partial charge in [0.1, 0.15) is 11.7 Å². The lowest BCUT2D eigenvalue weighted by atomic mass is 10.0. The average molecular weight is 327 g/mol. The Morgan fingerprint density at radius 3 is 2.62 bits per heavy atom. The second-order valence-electron chi connectivity index (χ2n) is 6.81. The van der Waals surface area contributed by atoms with Crippen LogP contribution in [0.25, 0.3) is 10.9 Å². The summed E-state index contributed by atoms with van der Waals surface area (Å²) in [7, 11) is 1.80. The smallest absolute Gasteiger partial charge is 0.271 e. The zero-order valence-corrected chi connectivity index (χ0v) is 15.1. The predicted octanol–water partition coefficient (Wildman–Crippen LogP) is 2.79. The van der Waals surface area contributed by atoms with Crippen LogP contribution in [0.2, 0.25) is 0 Å². The van der Waals surface area contributed by atoms with Crippen LogP contribution >= 0.6 is 0 Å². The second kappa shape index (κ2) is 5.96. The molecule has 0 saturated carbocycles. The third-order valence-electron chi connectivity index (χ3n) is 5.08. The van der Waals surface area contributed by atoms with Crippen molar-refractivity contribution < 1.29 is 9.59 Å². The third-order valence-corrected chi connectivity index (χ3v) is 5.08. The normalized spacial score (nSPS) is 18.5. The van der Waals surface area contributed by atoms with E-state index in [1.165, 1.54) is 5.56 Å². The molecule has 1 aromatic carbocycles. The van der Waals surface area contributed by atoms with E-state index in [2.05, 4.69) is 24.0 Å². The first-order valence-electron chi connectivity index (χ1n) is 8.50. The molecular formula is C19H25N3O2. The Labute approximate surface area is 142 Å². The topological polar surface area (TPSA) is 56.4 Å². The van der Waals surface area contributed by atoms with Gasteiger partial charge >= 0.3 is 0 Å². The molecule has 1 atom stereocenters. The van der Waals surface area contributed by atoms with Crippen molar-refractivity contribution in [2.24, 2.45) is 0 Å². The van der Waals surface area contributed by atoms with Crippen molar-refractivity contribution in [1.82, 2.24) is 14.8 Å². The van der Waals surface area contributed by atoms with Crippen LogP contribution in [0.3, 0.4) is 0 Å². The van der Waals surface area contributed by atoms with Gasteiger partial charge in [-0.1, -0.05) is 18.6 Å². The van der Waals surface area contributed by atoms with Crippen molar-refractivity contribution in [1.29, 1.82) is 0 Å². The molecule has 0 unspecified atom stereocenters. The fraction of sp³-hybridized carbons (Fsp3) is 0.474. The van der Waals surface area contributed by atoms with Crippen LogP contribution in [-0.2, 0) is 4.79 Å². The van der Waals surface area contributed by atoms with E-state index in [9.17, 15) is 9.59 Å². The monoisotopic (exact) mass is 327 g/mol. The number of aryl methyl sites for hydroxylation is 3. The van der Waals surface area contributed by atoms with Crippen LogP contribution < -0.4 is 0 Å². The number of fused-ring (bicyclic) bond motifs is 1. The van der Waals surface area contributed by atoms with Crippen LogP contribution in [0.5, 0.6) is 0 Å². The Bertz CT molecular complexity index is 822.